The Morgan fingerprint density at radius 2 is 1.36 bits per heavy atom. The molecule has 1 N–H and O–H groups in total. The second-order valence-corrected chi connectivity index (χ2v) is 6.94. The van der Waals surface area contributed by atoms with E-state index in [2.05, 4.69) is 0 Å². The van der Waals surface area contributed by atoms with E-state index in [1.807, 2.05) is 0 Å². The lowest BCUT2D eigenvalue weighted by molar-refractivity contribution is -0.163. The summed E-state index contributed by atoms with van der Waals surface area (Å²) < 4.78 is 5.28. The van der Waals surface area contributed by atoms with Crippen molar-refractivity contribution in [1.82, 2.24) is 0 Å². The third-order valence-corrected chi connectivity index (χ3v) is 5.55. The Hall–Kier alpha value is -1.06. The van der Waals surface area contributed by atoms with E-state index in [0.29, 0.717) is 6.61 Å². The first kappa shape index (κ1) is 17.3. The van der Waals surface area contributed by atoms with Crippen molar-refractivity contribution in [2.45, 2.75) is 71.1 Å². The number of hydrogen-bond donors (Lipinski definition) is 1. The molecule has 126 valence electrons. The molecule has 22 heavy (non-hydrogen) atoms. The van der Waals surface area contributed by atoms with E-state index in [0.717, 1.165) is 51.4 Å². The van der Waals surface area contributed by atoms with Crippen LogP contribution in [0.15, 0.2) is 0 Å². The molecule has 2 fully saturated rings. The van der Waals surface area contributed by atoms with Crippen molar-refractivity contribution in [3.63, 3.8) is 0 Å². The Morgan fingerprint density at radius 1 is 0.909 bits per heavy atom. The van der Waals surface area contributed by atoms with Crippen LogP contribution in [0.5, 0.6) is 0 Å². The Kier molecular flexibility index (Phi) is 6.71. The minimum Gasteiger partial charge on any atom is -0.481 e. The molecule has 2 rings (SSSR count). The molecule has 2 aliphatic carbocycles. The zero-order valence-corrected chi connectivity index (χ0v) is 13.8. The van der Waals surface area contributed by atoms with Crippen LogP contribution in [0.3, 0.4) is 0 Å². The van der Waals surface area contributed by atoms with Gasteiger partial charge in [0.2, 0.25) is 0 Å². The number of rotatable bonds is 6. The lowest BCUT2D eigenvalue weighted by Crippen LogP contribution is -2.42. The van der Waals surface area contributed by atoms with Gasteiger partial charge in [-0.3, -0.25) is 9.59 Å². The van der Waals surface area contributed by atoms with Gasteiger partial charge >= 0.3 is 11.9 Å². The fourth-order valence-electron chi connectivity index (χ4n) is 4.51. The standard InChI is InChI=1S/C18H30O4/c1-2-22-18(21)16(14-11-7-4-8-12-14)15(17(19)20)13-9-5-3-6-10-13/h13-16H,2-12H2,1H3,(H,19,20). The fraction of sp³-hybridized carbons (Fsp3) is 0.889. The Labute approximate surface area is 133 Å². The van der Waals surface area contributed by atoms with Gasteiger partial charge in [-0.1, -0.05) is 38.5 Å². The number of carbonyl (C=O) groups excluding carboxylic acids is 1. The first-order chi connectivity index (χ1) is 10.6. The van der Waals surface area contributed by atoms with Crippen LogP contribution in [0.4, 0.5) is 0 Å². The zero-order chi connectivity index (χ0) is 15.9. The van der Waals surface area contributed by atoms with Crippen molar-refractivity contribution in [2.75, 3.05) is 6.61 Å². The molecule has 0 spiro atoms. The summed E-state index contributed by atoms with van der Waals surface area (Å²) in [6.45, 7) is 2.13. The fourth-order valence-corrected chi connectivity index (χ4v) is 4.51. The maximum Gasteiger partial charge on any atom is 0.310 e. The van der Waals surface area contributed by atoms with Crippen LogP contribution in [0.1, 0.15) is 71.1 Å². The molecule has 2 saturated carbocycles. The number of esters is 1. The van der Waals surface area contributed by atoms with Gasteiger partial charge in [0.1, 0.15) is 0 Å². The maximum absolute atomic E-state index is 12.5. The third kappa shape index (κ3) is 4.23. The van der Waals surface area contributed by atoms with Gasteiger partial charge in [0.15, 0.2) is 0 Å². The van der Waals surface area contributed by atoms with Gasteiger partial charge in [-0.2, -0.15) is 0 Å². The van der Waals surface area contributed by atoms with Gasteiger partial charge < -0.3 is 9.84 Å². The van der Waals surface area contributed by atoms with Crippen LogP contribution in [0, 0.1) is 23.7 Å². The first-order valence-electron chi connectivity index (χ1n) is 9.04. The van der Waals surface area contributed by atoms with E-state index in [-0.39, 0.29) is 17.8 Å². The van der Waals surface area contributed by atoms with Crippen molar-refractivity contribution in [2.24, 2.45) is 23.7 Å². The molecule has 0 amide bonds. The highest BCUT2D eigenvalue weighted by Gasteiger charge is 2.44. The Bertz CT molecular complexity index is 367. The molecule has 0 radical (unpaired) electrons. The molecule has 0 saturated heterocycles. The topological polar surface area (TPSA) is 63.6 Å². The molecule has 0 bridgehead atoms. The molecule has 2 unspecified atom stereocenters. The Morgan fingerprint density at radius 3 is 1.77 bits per heavy atom. The molecule has 0 aromatic rings. The molecule has 2 atom stereocenters. The summed E-state index contributed by atoms with van der Waals surface area (Å²) in [5, 5.41) is 9.84. The van der Waals surface area contributed by atoms with Crippen LogP contribution >= 0.6 is 0 Å². The van der Waals surface area contributed by atoms with E-state index in [4.69, 9.17) is 4.74 Å². The summed E-state index contributed by atoms with van der Waals surface area (Å²) in [7, 11) is 0. The highest BCUT2D eigenvalue weighted by molar-refractivity contribution is 5.81. The van der Waals surface area contributed by atoms with Crippen LogP contribution in [-0.2, 0) is 14.3 Å². The summed E-state index contributed by atoms with van der Waals surface area (Å²) in [5.41, 5.74) is 0. The quantitative estimate of drug-likeness (QED) is 0.752. The van der Waals surface area contributed by atoms with Crippen molar-refractivity contribution in [1.29, 1.82) is 0 Å². The summed E-state index contributed by atoms with van der Waals surface area (Å²) in [6.07, 6.45) is 10.6. The highest BCUT2D eigenvalue weighted by atomic mass is 16.5. The van der Waals surface area contributed by atoms with Crippen LogP contribution in [0.25, 0.3) is 0 Å². The van der Waals surface area contributed by atoms with E-state index < -0.39 is 17.8 Å². The normalized spacial score (nSPS) is 23.7. The molecule has 0 aromatic carbocycles. The summed E-state index contributed by atoms with van der Waals surface area (Å²) in [4.78, 5) is 24.5. The van der Waals surface area contributed by atoms with Crippen LogP contribution in [0.2, 0.25) is 0 Å². The minimum atomic E-state index is -0.796. The van der Waals surface area contributed by atoms with Gasteiger partial charge in [-0.05, 0) is 44.4 Å². The lowest BCUT2D eigenvalue weighted by atomic mass is 9.67. The van der Waals surface area contributed by atoms with Crippen molar-refractivity contribution in [3.8, 4) is 0 Å². The van der Waals surface area contributed by atoms with Crippen molar-refractivity contribution >= 4 is 11.9 Å². The van der Waals surface area contributed by atoms with E-state index in [1.54, 1.807) is 6.92 Å². The second-order valence-electron chi connectivity index (χ2n) is 6.94. The van der Waals surface area contributed by atoms with E-state index in [9.17, 15) is 14.7 Å². The minimum absolute atomic E-state index is 0.141. The van der Waals surface area contributed by atoms with Crippen LogP contribution in [-0.4, -0.2) is 23.7 Å². The SMILES string of the molecule is CCOC(=O)C(C1CCCCC1)C(C(=O)O)C1CCCCC1. The molecule has 0 heterocycles. The largest absolute Gasteiger partial charge is 0.481 e. The number of carboxylic acid groups (broad SMARTS) is 1. The number of hydrogen-bond acceptors (Lipinski definition) is 3. The van der Waals surface area contributed by atoms with Gasteiger partial charge in [0, 0.05) is 0 Å². The van der Waals surface area contributed by atoms with Crippen molar-refractivity contribution < 1.29 is 19.4 Å². The number of aliphatic carboxylic acids is 1. The lowest BCUT2D eigenvalue weighted by Gasteiger charge is -2.37. The highest BCUT2D eigenvalue weighted by Crippen LogP contribution is 2.42. The van der Waals surface area contributed by atoms with Gasteiger partial charge in [0.25, 0.3) is 0 Å². The predicted molar refractivity (Wildman–Crippen MR) is 84.4 cm³/mol. The number of carboxylic acids is 1. The molecular formula is C18H30O4. The summed E-state index contributed by atoms with van der Waals surface area (Å²) >= 11 is 0. The monoisotopic (exact) mass is 310 g/mol. The molecular weight excluding hydrogens is 280 g/mol. The van der Waals surface area contributed by atoms with E-state index >= 15 is 0 Å². The van der Waals surface area contributed by atoms with Gasteiger partial charge in [-0.25, -0.2) is 0 Å². The molecule has 4 heteroatoms. The van der Waals surface area contributed by atoms with Crippen molar-refractivity contribution in [3.05, 3.63) is 0 Å². The third-order valence-electron chi connectivity index (χ3n) is 5.55. The van der Waals surface area contributed by atoms with E-state index in [1.165, 1.54) is 12.8 Å². The summed E-state index contributed by atoms with van der Waals surface area (Å²) in [5.74, 6) is -1.73. The summed E-state index contributed by atoms with van der Waals surface area (Å²) in [6, 6.07) is 0. The van der Waals surface area contributed by atoms with Gasteiger partial charge in [-0.15, -0.1) is 0 Å². The first-order valence-corrected chi connectivity index (χ1v) is 9.04. The molecule has 0 aromatic heterocycles. The molecule has 0 aliphatic heterocycles. The Balaban J connectivity index is 2.21. The number of carbonyl (C=O) groups is 2. The number of ether oxygens (including phenoxy) is 1. The zero-order valence-electron chi connectivity index (χ0n) is 13.8. The average Bonchev–Trinajstić information content (AvgIpc) is 2.54. The molecule has 4 nitrogen and oxygen atoms in total. The maximum atomic E-state index is 12.5. The second kappa shape index (κ2) is 8.54. The predicted octanol–water partition coefficient (Wildman–Crippen LogP) is 4.03. The van der Waals surface area contributed by atoms with Gasteiger partial charge in [0.05, 0.1) is 18.4 Å². The smallest absolute Gasteiger partial charge is 0.310 e. The average molecular weight is 310 g/mol. The van der Waals surface area contributed by atoms with Crippen LogP contribution < -0.4 is 0 Å². The molecule has 2 aliphatic rings.